The summed E-state index contributed by atoms with van der Waals surface area (Å²) in [4.78, 5) is 12.1. The fraction of sp³-hybridized carbons (Fsp3) is 0.100. The second-order valence-corrected chi connectivity index (χ2v) is 3.31. The molecule has 0 aliphatic carbocycles. The van der Waals surface area contributed by atoms with E-state index in [2.05, 4.69) is 15.0 Å². The second-order valence-electron chi connectivity index (χ2n) is 2.91. The average Bonchev–Trinajstić information content (AvgIpc) is 2.18. The lowest BCUT2D eigenvalue weighted by atomic mass is 10.1. The zero-order valence-electron chi connectivity index (χ0n) is 7.61. The molecule has 2 rings (SSSR count). The summed E-state index contributed by atoms with van der Waals surface area (Å²) in [7, 11) is 0. The molecule has 0 aliphatic heterocycles. The van der Waals surface area contributed by atoms with Crippen LogP contribution in [0.3, 0.4) is 0 Å². The summed E-state index contributed by atoms with van der Waals surface area (Å²) in [5.41, 5.74) is 2.65. The van der Waals surface area contributed by atoms with E-state index in [9.17, 15) is 0 Å². The predicted molar refractivity (Wildman–Crippen MR) is 55.0 cm³/mol. The smallest absolute Gasteiger partial charge is 0.116 e. The molecule has 0 spiro atoms. The molecule has 70 valence electrons. The SMILES string of the molecule is Cc1cc(-c2ncncc2Cl)ccn1. The number of halogens is 1. The summed E-state index contributed by atoms with van der Waals surface area (Å²) in [6, 6.07) is 3.81. The lowest BCUT2D eigenvalue weighted by Gasteiger charge is -2.02. The summed E-state index contributed by atoms with van der Waals surface area (Å²) in [5, 5.41) is 0.554. The van der Waals surface area contributed by atoms with E-state index >= 15 is 0 Å². The van der Waals surface area contributed by atoms with Crippen molar-refractivity contribution < 1.29 is 0 Å². The van der Waals surface area contributed by atoms with Crippen molar-refractivity contribution in [2.24, 2.45) is 0 Å². The van der Waals surface area contributed by atoms with E-state index in [1.54, 1.807) is 12.4 Å². The Labute approximate surface area is 86.8 Å². The fourth-order valence-electron chi connectivity index (χ4n) is 1.22. The minimum atomic E-state index is 0.554. The van der Waals surface area contributed by atoms with Crippen LogP contribution in [0.15, 0.2) is 30.9 Å². The number of rotatable bonds is 1. The van der Waals surface area contributed by atoms with E-state index in [0.717, 1.165) is 17.0 Å². The summed E-state index contributed by atoms with van der Waals surface area (Å²) in [5.74, 6) is 0. The number of nitrogens with zero attached hydrogens (tertiary/aromatic N) is 3. The lowest BCUT2D eigenvalue weighted by molar-refractivity contribution is 1.16. The highest BCUT2D eigenvalue weighted by Crippen LogP contribution is 2.23. The Balaban J connectivity index is 2.55. The van der Waals surface area contributed by atoms with E-state index in [1.807, 2.05) is 19.1 Å². The molecular weight excluding hydrogens is 198 g/mol. The van der Waals surface area contributed by atoms with Crippen molar-refractivity contribution in [1.82, 2.24) is 15.0 Å². The topological polar surface area (TPSA) is 38.7 Å². The summed E-state index contributed by atoms with van der Waals surface area (Å²) in [6.07, 6.45) is 4.81. The summed E-state index contributed by atoms with van der Waals surface area (Å²) in [6.45, 7) is 1.93. The molecule has 2 heterocycles. The number of aryl methyl sites for hydroxylation is 1. The highest BCUT2D eigenvalue weighted by atomic mass is 35.5. The van der Waals surface area contributed by atoms with Crippen molar-refractivity contribution in [1.29, 1.82) is 0 Å². The van der Waals surface area contributed by atoms with Crippen LogP contribution in [-0.4, -0.2) is 15.0 Å². The first-order valence-electron chi connectivity index (χ1n) is 4.16. The normalized spacial score (nSPS) is 10.1. The molecule has 0 saturated heterocycles. The molecule has 0 amide bonds. The Kier molecular flexibility index (Phi) is 2.41. The van der Waals surface area contributed by atoms with Gasteiger partial charge in [-0.15, -0.1) is 0 Å². The molecule has 2 aromatic heterocycles. The number of pyridine rings is 1. The summed E-state index contributed by atoms with van der Waals surface area (Å²) >= 11 is 5.97. The Morgan fingerprint density at radius 3 is 2.86 bits per heavy atom. The van der Waals surface area contributed by atoms with Gasteiger partial charge in [0, 0.05) is 23.7 Å². The molecule has 3 nitrogen and oxygen atoms in total. The van der Waals surface area contributed by atoms with Gasteiger partial charge >= 0.3 is 0 Å². The first-order chi connectivity index (χ1) is 6.77. The van der Waals surface area contributed by atoms with Gasteiger partial charge in [-0.1, -0.05) is 11.6 Å². The van der Waals surface area contributed by atoms with Crippen LogP contribution < -0.4 is 0 Å². The van der Waals surface area contributed by atoms with Crippen LogP contribution in [-0.2, 0) is 0 Å². The Morgan fingerprint density at radius 1 is 1.29 bits per heavy atom. The van der Waals surface area contributed by atoms with Crippen LogP contribution in [0, 0.1) is 6.92 Å². The van der Waals surface area contributed by atoms with Gasteiger partial charge in [0.2, 0.25) is 0 Å². The third-order valence-electron chi connectivity index (χ3n) is 1.84. The molecule has 0 N–H and O–H groups in total. The molecule has 14 heavy (non-hydrogen) atoms. The van der Waals surface area contributed by atoms with Crippen LogP contribution >= 0.6 is 11.6 Å². The highest BCUT2D eigenvalue weighted by Gasteiger charge is 2.04. The van der Waals surface area contributed by atoms with Gasteiger partial charge in [0.25, 0.3) is 0 Å². The molecule has 0 aromatic carbocycles. The second kappa shape index (κ2) is 3.72. The van der Waals surface area contributed by atoms with E-state index < -0.39 is 0 Å². The van der Waals surface area contributed by atoms with Crippen molar-refractivity contribution in [3.63, 3.8) is 0 Å². The summed E-state index contributed by atoms with van der Waals surface area (Å²) < 4.78 is 0. The molecule has 0 radical (unpaired) electrons. The van der Waals surface area contributed by atoms with Gasteiger partial charge in [-0.2, -0.15) is 0 Å². The van der Waals surface area contributed by atoms with Crippen LogP contribution in [0.4, 0.5) is 0 Å². The zero-order chi connectivity index (χ0) is 9.97. The average molecular weight is 206 g/mol. The first-order valence-corrected chi connectivity index (χ1v) is 4.53. The first kappa shape index (κ1) is 9.09. The fourth-order valence-corrected chi connectivity index (χ4v) is 1.43. The Hall–Kier alpha value is -1.48. The van der Waals surface area contributed by atoms with E-state index in [-0.39, 0.29) is 0 Å². The largest absolute Gasteiger partial charge is 0.262 e. The molecule has 4 heteroatoms. The van der Waals surface area contributed by atoms with Crippen molar-refractivity contribution in [3.8, 4) is 11.3 Å². The van der Waals surface area contributed by atoms with Crippen molar-refractivity contribution >= 4 is 11.6 Å². The number of aromatic nitrogens is 3. The quantitative estimate of drug-likeness (QED) is 0.718. The monoisotopic (exact) mass is 205 g/mol. The molecule has 0 fully saturated rings. The van der Waals surface area contributed by atoms with Gasteiger partial charge in [0.1, 0.15) is 6.33 Å². The van der Waals surface area contributed by atoms with Gasteiger partial charge < -0.3 is 0 Å². The van der Waals surface area contributed by atoms with Gasteiger partial charge in [-0.25, -0.2) is 9.97 Å². The maximum atomic E-state index is 5.97. The maximum Gasteiger partial charge on any atom is 0.116 e. The van der Waals surface area contributed by atoms with Gasteiger partial charge in [-0.3, -0.25) is 4.98 Å². The standard InChI is InChI=1S/C10H8ClN3/c1-7-4-8(2-3-13-7)10-9(11)5-12-6-14-10/h2-6H,1H3. The van der Waals surface area contributed by atoms with E-state index in [0.29, 0.717) is 5.02 Å². The van der Waals surface area contributed by atoms with Crippen LogP contribution in [0.2, 0.25) is 5.02 Å². The highest BCUT2D eigenvalue weighted by molar-refractivity contribution is 6.32. The Bertz CT molecular complexity index is 457. The van der Waals surface area contributed by atoms with Crippen LogP contribution in [0.5, 0.6) is 0 Å². The van der Waals surface area contributed by atoms with Crippen LogP contribution in [0.25, 0.3) is 11.3 Å². The molecule has 2 aromatic rings. The minimum Gasteiger partial charge on any atom is -0.262 e. The predicted octanol–water partition coefficient (Wildman–Crippen LogP) is 2.50. The molecule has 0 unspecified atom stereocenters. The molecular formula is C10H8ClN3. The maximum absolute atomic E-state index is 5.97. The van der Waals surface area contributed by atoms with E-state index in [1.165, 1.54) is 6.33 Å². The zero-order valence-corrected chi connectivity index (χ0v) is 8.36. The number of hydrogen-bond acceptors (Lipinski definition) is 3. The number of hydrogen-bond donors (Lipinski definition) is 0. The third kappa shape index (κ3) is 1.72. The molecule has 0 bridgehead atoms. The molecule has 0 saturated carbocycles. The minimum absolute atomic E-state index is 0.554. The van der Waals surface area contributed by atoms with Crippen molar-refractivity contribution in [2.75, 3.05) is 0 Å². The Morgan fingerprint density at radius 2 is 2.14 bits per heavy atom. The van der Waals surface area contributed by atoms with E-state index in [4.69, 9.17) is 11.6 Å². The molecule has 0 aliphatic rings. The van der Waals surface area contributed by atoms with Crippen molar-refractivity contribution in [2.45, 2.75) is 6.92 Å². The van der Waals surface area contributed by atoms with Gasteiger partial charge in [0.15, 0.2) is 0 Å². The van der Waals surface area contributed by atoms with Crippen LogP contribution in [0.1, 0.15) is 5.69 Å². The van der Waals surface area contributed by atoms with Gasteiger partial charge in [0.05, 0.1) is 10.7 Å². The lowest BCUT2D eigenvalue weighted by Crippen LogP contribution is -1.88. The third-order valence-corrected chi connectivity index (χ3v) is 2.11. The van der Waals surface area contributed by atoms with Gasteiger partial charge in [-0.05, 0) is 19.1 Å². The molecule has 0 atom stereocenters. The van der Waals surface area contributed by atoms with Crippen molar-refractivity contribution in [3.05, 3.63) is 41.6 Å².